The van der Waals surface area contributed by atoms with Crippen LogP contribution in [0, 0.1) is 0 Å². The van der Waals surface area contributed by atoms with E-state index in [9.17, 15) is 0 Å². The van der Waals surface area contributed by atoms with Gasteiger partial charge in [0.2, 0.25) is 0 Å². The van der Waals surface area contributed by atoms with Crippen LogP contribution in [0.25, 0.3) is 0 Å². The molecule has 3 heteroatoms. The molecule has 0 aliphatic rings. The molecule has 1 atom stereocenters. The summed E-state index contributed by atoms with van der Waals surface area (Å²) in [6.07, 6.45) is 4.78. The summed E-state index contributed by atoms with van der Waals surface area (Å²) in [5.74, 6) is 0. The van der Waals surface area contributed by atoms with Crippen LogP contribution >= 0.6 is 15.9 Å². The van der Waals surface area contributed by atoms with Gasteiger partial charge in [0.1, 0.15) is 0 Å². The molecule has 0 saturated carbocycles. The number of aromatic nitrogens is 1. The van der Waals surface area contributed by atoms with Gasteiger partial charge < -0.3 is 5.32 Å². The average molecular weight is 305 g/mol. The van der Waals surface area contributed by atoms with Crippen molar-refractivity contribution in [2.75, 3.05) is 0 Å². The van der Waals surface area contributed by atoms with Gasteiger partial charge in [-0.15, -0.1) is 0 Å². The van der Waals surface area contributed by atoms with E-state index in [0.717, 1.165) is 17.4 Å². The van der Waals surface area contributed by atoms with Gasteiger partial charge in [-0.25, -0.2) is 0 Å². The normalized spacial score (nSPS) is 12.3. The van der Waals surface area contributed by atoms with E-state index in [0.29, 0.717) is 6.04 Å². The summed E-state index contributed by atoms with van der Waals surface area (Å²) < 4.78 is 1.12. The van der Waals surface area contributed by atoms with Crippen LogP contribution in [0.2, 0.25) is 0 Å². The quantitative estimate of drug-likeness (QED) is 0.900. The van der Waals surface area contributed by atoms with Gasteiger partial charge in [0.15, 0.2) is 0 Å². The molecule has 0 aliphatic heterocycles. The lowest BCUT2D eigenvalue weighted by atomic mass is 10.0. The Bertz CT molecular complexity index is 468. The third-order valence-electron chi connectivity index (χ3n) is 2.96. The molecule has 1 unspecified atom stereocenters. The molecule has 2 rings (SSSR count). The van der Waals surface area contributed by atoms with E-state index >= 15 is 0 Å². The Labute approximate surface area is 117 Å². The van der Waals surface area contributed by atoms with Crippen LogP contribution < -0.4 is 5.32 Å². The van der Waals surface area contributed by atoms with Crippen molar-refractivity contribution in [3.63, 3.8) is 0 Å². The van der Waals surface area contributed by atoms with Gasteiger partial charge in [-0.2, -0.15) is 0 Å². The van der Waals surface area contributed by atoms with Gasteiger partial charge in [-0.05, 0) is 35.7 Å². The van der Waals surface area contributed by atoms with E-state index in [1.165, 1.54) is 11.1 Å². The van der Waals surface area contributed by atoms with Crippen molar-refractivity contribution in [2.24, 2.45) is 0 Å². The van der Waals surface area contributed by atoms with Crippen molar-refractivity contribution in [3.8, 4) is 0 Å². The average Bonchev–Trinajstić information content (AvgIpc) is 2.42. The predicted octanol–water partition coefficient (Wildman–Crippen LogP) is 4.09. The standard InChI is InChI=1S/C15H17BrN2/c1-2-15(13-5-7-14(16)8-6-13)18-11-12-4-3-9-17-10-12/h3-10,15,18H,2,11H2,1H3. The summed E-state index contributed by atoms with van der Waals surface area (Å²) >= 11 is 3.46. The van der Waals surface area contributed by atoms with Crippen molar-refractivity contribution in [1.29, 1.82) is 0 Å². The monoisotopic (exact) mass is 304 g/mol. The highest BCUT2D eigenvalue weighted by molar-refractivity contribution is 9.10. The zero-order chi connectivity index (χ0) is 12.8. The summed E-state index contributed by atoms with van der Waals surface area (Å²) in [4.78, 5) is 4.13. The van der Waals surface area contributed by atoms with Crippen LogP contribution in [0.5, 0.6) is 0 Å². The van der Waals surface area contributed by atoms with E-state index in [1.54, 1.807) is 6.20 Å². The minimum atomic E-state index is 0.387. The Hall–Kier alpha value is -1.19. The molecule has 1 aromatic heterocycles. The smallest absolute Gasteiger partial charge is 0.0320 e. The van der Waals surface area contributed by atoms with Crippen LogP contribution in [0.15, 0.2) is 53.3 Å². The lowest BCUT2D eigenvalue weighted by Crippen LogP contribution is -2.20. The van der Waals surface area contributed by atoms with Crippen LogP contribution in [0.1, 0.15) is 30.5 Å². The molecule has 0 radical (unpaired) electrons. The maximum absolute atomic E-state index is 4.13. The number of pyridine rings is 1. The van der Waals surface area contributed by atoms with Crippen molar-refractivity contribution >= 4 is 15.9 Å². The second-order valence-corrected chi connectivity index (χ2v) is 5.17. The van der Waals surface area contributed by atoms with Gasteiger partial charge in [0, 0.05) is 29.5 Å². The fourth-order valence-corrected chi connectivity index (χ4v) is 2.20. The van der Waals surface area contributed by atoms with Crippen molar-refractivity contribution < 1.29 is 0 Å². The fourth-order valence-electron chi connectivity index (χ4n) is 1.94. The van der Waals surface area contributed by atoms with E-state index in [1.807, 2.05) is 12.3 Å². The van der Waals surface area contributed by atoms with Crippen molar-refractivity contribution in [3.05, 3.63) is 64.4 Å². The number of hydrogen-bond donors (Lipinski definition) is 1. The molecule has 0 amide bonds. The Balaban J connectivity index is 1.99. The fraction of sp³-hybridized carbons (Fsp3) is 0.267. The third kappa shape index (κ3) is 3.65. The molecule has 18 heavy (non-hydrogen) atoms. The minimum Gasteiger partial charge on any atom is -0.306 e. The SMILES string of the molecule is CCC(NCc1cccnc1)c1ccc(Br)cc1. The van der Waals surface area contributed by atoms with Crippen LogP contribution in [-0.2, 0) is 6.54 Å². The van der Waals surface area contributed by atoms with Crippen LogP contribution in [0.4, 0.5) is 0 Å². The number of nitrogens with zero attached hydrogens (tertiary/aromatic N) is 1. The summed E-state index contributed by atoms with van der Waals surface area (Å²) in [6.45, 7) is 3.05. The third-order valence-corrected chi connectivity index (χ3v) is 3.48. The van der Waals surface area contributed by atoms with E-state index in [2.05, 4.69) is 63.5 Å². The first kappa shape index (κ1) is 13.2. The van der Waals surface area contributed by atoms with Gasteiger partial charge >= 0.3 is 0 Å². The number of halogens is 1. The molecule has 1 aromatic carbocycles. The van der Waals surface area contributed by atoms with E-state index in [4.69, 9.17) is 0 Å². The Morgan fingerprint density at radius 2 is 2.00 bits per heavy atom. The second-order valence-electron chi connectivity index (χ2n) is 4.25. The Morgan fingerprint density at radius 1 is 1.22 bits per heavy atom. The first-order valence-corrected chi connectivity index (χ1v) is 6.96. The molecule has 0 aliphatic carbocycles. The molecule has 0 spiro atoms. The molecular weight excluding hydrogens is 288 g/mol. The summed E-state index contributed by atoms with van der Waals surface area (Å²) in [6, 6.07) is 12.9. The highest BCUT2D eigenvalue weighted by Crippen LogP contribution is 2.19. The van der Waals surface area contributed by atoms with Crippen LogP contribution in [0.3, 0.4) is 0 Å². The highest BCUT2D eigenvalue weighted by atomic mass is 79.9. The van der Waals surface area contributed by atoms with E-state index in [-0.39, 0.29) is 0 Å². The Kier molecular flexibility index (Phi) is 4.90. The number of benzene rings is 1. The van der Waals surface area contributed by atoms with Gasteiger partial charge in [-0.1, -0.05) is 41.1 Å². The molecule has 0 bridgehead atoms. The van der Waals surface area contributed by atoms with Gasteiger partial charge in [0.25, 0.3) is 0 Å². The van der Waals surface area contributed by atoms with E-state index < -0.39 is 0 Å². The number of rotatable bonds is 5. The molecule has 1 N–H and O–H groups in total. The largest absolute Gasteiger partial charge is 0.306 e. The van der Waals surface area contributed by atoms with Crippen LogP contribution in [-0.4, -0.2) is 4.98 Å². The zero-order valence-corrected chi connectivity index (χ0v) is 12.0. The lowest BCUT2D eigenvalue weighted by Gasteiger charge is -2.17. The van der Waals surface area contributed by atoms with Gasteiger partial charge in [-0.3, -0.25) is 4.98 Å². The Morgan fingerprint density at radius 3 is 2.61 bits per heavy atom. The summed E-state index contributed by atoms with van der Waals surface area (Å²) in [5.41, 5.74) is 2.54. The predicted molar refractivity (Wildman–Crippen MR) is 78.3 cm³/mol. The topological polar surface area (TPSA) is 24.9 Å². The molecular formula is C15H17BrN2. The summed E-state index contributed by atoms with van der Waals surface area (Å²) in [5, 5.41) is 3.57. The maximum atomic E-state index is 4.13. The number of hydrogen-bond acceptors (Lipinski definition) is 2. The molecule has 0 fully saturated rings. The highest BCUT2D eigenvalue weighted by Gasteiger charge is 2.08. The zero-order valence-electron chi connectivity index (χ0n) is 10.4. The molecule has 94 valence electrons. The lowest BCUT2D eigenvalue weighted by molar-refractivity contribution is 0.518. The first-order valence-electron chi connectivity index (χ1n) is 6.17. The minimum absolute atomic E-state index is 0.387. The first-order chi connectivity index (χ1) is 8.79. The van der Waals surface area contributed by atoms with Crippen molar-refractivity contribution in [1.82, 2.24) is 10.3 Å². The maximum Gasteiger partial charge on any atom is 0.0320 e. The molecule has 1 heterocycles. The summed E-state index contributed by atoms with van der Waals surface area (Å²) in [7, 11) is 0. The molecule has 0 saturated heterocycles. The van der Waals surface area contributed by atoms with Gasteiger partial charge in [0.05, 0.1) is 0 Å². The second kappa shape index (κ2) is 6.66. The number of nitrogens with one attached hydrogen (secondary N) is 1. The molecule has 2 nitrogen and oxygen atoms in total. The molecule has 2 aromatic rings. The van der Waals surface area contributed by atoms with Crippen molar-refractivity contribution in [2.45, 2.75) is 25.9 Å².